The minimum absolute atomic E-state index is 0.166. The normalized spacial score (nSPS) is 15.3. The third kappa shape index (κ3) is 11.9. The van der Waals surface area contributed by atoms with Crippen LogP contribution in [0.25, 0.3) is 0 Å². The van der Waals surface area contributed by atoms with Crippen LogP contribution in [-0.2, 0) is 0 Å². The van der Waals surface area contributed by atoms with Crippen LogP contribution in [0.4, 0.5) is 4.39 Å². The van der Waals surface area contributed by atoms with Crippen LogP contribution in [0.5, 0.6) is 0 Å². The summed E-state index contributed by atoms with van der Waals surface area (Å²) in [4.78, 5) is 0. The molecule has 1 unspecified atom stereocenters. The van der Waals surface area contributed by atoms with Gasteiger partial charge in [0.05, 0.1) is 12.2 Å². The average Bonchev–Trinajstić information content (AvgIpc) is 2.35. The van der Waals surface area contributed by atoms with Gasteiger partial charge in [0.1, 0.15) is 0 Å². The lowest BCUT2D eigenvalue weighted by molar-refractivity contribution is -0.484. The molecule has 20 heavy (non-hydrogen) atoms. The Bertz CT molecular complexity index is 216. The van der Waals surface area contributed by atoms with Crippen LogP contribution in [0.3, 0.4) is 0 Å². The molecule has 1 nitrogen and oxygen atoms in total. The second-order valence-corrected chi connectivity index (χ2v) is 13.5. The zero-order valence-corrected chi connectivity index (χ0v) is 15.6. The van der Waals surface area contributed by atoms with E-state index in [0.29, 0.717) is 0 Å². The first-order valence-corrected chi connectivity index (χ1v) is 12.4. The third-order valence-corrected chi connectivity index (χ3v) is 6.14. The molecule has 0 fully saturated rings. The summed E-state index contributed by atoms with van der Waals surface area (Å²) in [6, 6.07) is 1.43. The second-order valence-electron chi connectivity index (χ2n) is 7.87. The number of quaternary nitrogens is 1. The van der Waals surface area contributed by atoms with Crippen LogP contribution in [-0.4, -0.2) is 20.3 Å². The number of hydrogen-bond acceptors (Lipinski definition) is 0. The van der Waals surface area contributed by atoms with Crippen LogP contribution >= 0.6 is 0 Å². The largest absolute Gasteiger partial charge is 0.353 e. The molecule has 0 bridgehead atoms. The molecule has 0 aliphatic carbocycles. The van der Waals surface area contributed by atoms with Crippen molar-refractivity contribution in [1.29, 1.82) is 0 Å². The minimum atomic E-state index is -0.886. The summed E-state index contributed by atoms with van der Waals surface area (Å²) in [6.07, 6.45) is 11.9. The number of rotatable bonds is 13. The molecule has 0 radical (unpaired) electrons. The predicted molar refractivity (Wildman–Crippen MR) is 91.6 cm³/mol. The summed E-state index contributed by atoms with van der Waals surface area (Å²) in [5.41, 5.74) is 4.76. The van der Waals surface area contributed by atoms with Gasteiger partial charge in [-0.3, -0.25) is 4.39 Å². The lowest BCUT2D eigenvalue weighted by Crippen LogP contribution is -2.72. The molecule has 0 saturated heterocycles. The van der Waals surface area contributed by atoms with E-state index in [1.807, 2.05) is 0 Å². The lowest BCUT2D eigenvalue weighted by atomic mass is 9.83. The Labute approximate surface area is 127 Å². The van der Waals surface area contributed by atoms with Crippen molar-refractivity contribution in [3.05, 3.63) is 0 Å². The zero-order chi connectivity index (χ0) is 15.5. The summed E-state index contributed by atoms with van der Waals surface area (Å²) in [6.45, 7) is 9.44. The van der Waals surface area contributed by atoms with Gasteiger partial charge >= 0.3 is 0 Å². The highest BCUT2D eigenvalue weighted by Gasteiger charge is 2.27. The van der Waals surface area contributed by atoms with Gasteiger partial charge in [-0.25, -0.2) is 0 Å². The Morgan fingerprint density at radius 3 is 1.80 bits per heavy atom. The van der Waals surface area contributed by atoms with Crippen LogP contribution in [0.15, 0.2) is 0 Å². The molecule has 1 atom stereocenters. The summed E-state index contributed by atoms with van der Waals surface area (Å²) in [7, 11) is -0.886. The highest BCUT2D eigenvalue weighted by molar-refractivity contribution is 6.76. The molecule has 122 valence electrons. The maximum Gasteiger partial charge on any atom is 0.0945 e. The first-order valence-electron chi connectivity index (χ1n) is 8.74. The van der Waals surface area contributed by atoms with Crippen molar-refractivity contribution >= 4 is 8.07 Å². The molecule has 0 aromatic carbocycles. The van der Waals surface area contributed by atoms with Gasteiger partial charge in [0.15, 0.2) is 0 Å². The van der Waals surface area contributed by atoms with E-state index in [0.717, 1.165) is 19.3 Å². The number of alkyl halides is 1. The van der Waals surface area contributed by atoms with Crippen LogP contribution in [0, 0.1) is 0 Å². The van der Waals surface area contributed by atoms with E-state index in [1.165, 1.54) is 51.0 Å². The van der Waals surface area contributed by atoms with E-state index in [9.17, 15) is 4.39 Å². The highest BCUT2D eigenvalue weighted by Crippen LogP contribution is 2.25. The van der Waals surface area contributed by atoms with Crippen molar-refractivity contribution in [2.75, 3.05) is 6.67 Å². The Morgan fingerprint density at radius 1 is 0.850 bits per heavy atom. The molecule has 0 aliphatic heterocycles. The van der Waals surface area contributed by atoms with Crippen LogP contribution in [0.2, 0.25) is 25.7 Å². The second kappa shape index (κ2) is 10.8. The predicted octanol–water partition coefficient (Wildman–Crippen LogP) is 5.20. The average molecular weight is 305 g/mol. The molecule has 0 spiro atoms. The molecule has 0 rings (SSSR count). The van der Waals surface area contributed by atoms with Crippen molar-refractivity contribution in [2.45, 2.75) is 102 Å². The summed E-state index contributed by atoms with van der Waals surface area (Å²) >= 11 is 0. The summed E-state index contributed by atoms with van der Waals surface area (Å²) in [5.74, 6) is 0. The van der Waals surface area contributed by atoms with Gasteiger partial charge in [-0.05, 0) is 25.7 Å². The van der Waals surface area contributed by atoms with E-state index in [2.05, 4.69) is 32.3 Å². The number of halogens is 1. The van der Waals surface area contributed by atoms with Gasteiger partial charge in [0.25, 0.3) is 0 Å². The Balaban J connectivity index is 4.08. The Kier molecular flexibility index (Phi) is 10.8. The monoisotopic (exact) mass is 304 g/mol. The highest BCUT2D eigenvalue weighted by atomic mass is 28.3. The van der Waals surface area contributed by atoms with E-state index in [4.69, 9.17) is 0 Å². The fourth-order valence-electron chi connectivity index (χ4n) is 2.87. The summed E-state index contributed by atoms with van der Waals surface area (Å²) < 4.78 is 12.3. The van der Waals surface area contributed by atoms with E-state index in [1.54, 1.807) is 0 Å². The molecular formula is C17H39FNSi+. The van der Waals surface area contributed by atoms with Gasteiger partial charge in [-0.2, -0.15) is 0 Å². The molecule has 0 saturated carbocycles. The van der Waals surface area contributed by atoms with Gasteiger partial charge < -0.3 is 5.73 Å². The van der Waals surface area contributed by atoms with E-state index < -0.39 is 8.07 Å². The molecule has 3 heteroatoms. The van der Waals surface area contributed by atoms with Crippen molar-refractivity contribution in [2.24, 2.45) is 0 Å². The van der Waals surface area contributed by atoms with Crippen LogP contribution < -0.4 is 5.73 Å². The number of unbranched alkanes of at least 4 members (excludes halogenated alkanes) is 4. The van der Waals surface area contributed by atoms with Crippen LogP contribution in [0.1, 0.15) is 71.1 Å². The molecule has 0 amide bonds. The van der Waals surface area contributed by atoms with Gasteiger partial charge in [-0.15, -0.1) is 0 Å². The maximum atomic E-state index is 12.3. The van der Waals surface area contributed by atoms with Crippen molar-refractivity contribution in [1.82, 2.24) is 0 Å². The van der Waals surface area contributed by atoms with Gasteiger partial charge in [-0.1, -0.05) is 51.9 Å². The fraction of sp³-hybridized carbons (Fsp3) is 1.00. The standard InChI is InChI=1S/C17H38FNSi/c1-5-6-7-12-17(19,13-8-10-15-18)14-9-11-16-20(2,3)4/h5-16,19H2,1-4H3/p+1. The minimum Gasteiger partial charge on any atom is -0.353 e. The number of hydrogen-bond donors (Lipinski definition) is 1. The fourth-order valence-corrected chi connectivity index (χ4v) is 4.19. The Morgan fingerprint density at radius 2 is 1.35 bits per heavy atom. The van der Waals surface area contributed by atoms with Crippen molar-refractivity contribution in [3.63, 3.8) is 0 Å². The van der Waals surface area contributed by atoms with Gasteiger partial charge in [0, 0.05) is 27.3 Å². The van der Waals surface area contributed by atoms with E-state index >= 15 is 0 Å². The molecule has 0 aromatic heterocycles. The summed E-state index contributed by atoms with van der Waals surface area (Å²) in [5, 5.41) is 0. The van der Waals surface area contributed by atoms with Crippen molar-refractivity contribution < 1.29 is 10.1 Å². The first-order chi connectivity index (χ1) is 9.33. The molecule has 0 aromatic rings. The first kappa shape index (κ1) is 20.1. The molecule has 3 N–H and O–H groups in total. The van der Waals surface area contributed by atoms with Gasteiger partial charge in [0.2, 0.25) is 0 Å². The Hall–Kier alpha value is 0.107. The topological polar surface area (TPSA) is 27.6 Å². The zero-order valence-electron chi connectivity index (χ0n) is 14.6. The smallest absolute Gasteiger partial charge is 0.0945 e. The quantitative estimate of drug-likeness (QED) is 0.358. The molecular weight excluding hydrogens is 265 g/mol. The molecule has 0 aliphatic rings. The SMILES string of the molecule is CCCCCC([NH3+])(CCCCF)CCCC[Si](C)(C)C. The molecule has 0 heterocycles. The third-order valence-electron chi connectivity index (χ3n) is 4.29. The van der Waals surface area contributed by atoms with E-state index in [-0.39, 0.29) is 12.2 Å². The lowest BCUT2D eigenvalue weighted by Gasteiger charge is -2.27. The maximum absolute atomic E-state index is 12.3. The van der Waals surface area contributed by atoms with Crippen molar-refractivity contribution in [3.8, 4) is 0 Å².